The van der Waals surface area contributed by atoms with Crippen molar-refractivity contribution in [2.75, 3.05) is 33.3 Å². The fourth-order valence-electron chi connectivity index (χ4n) is 3.47. The first kappa shape index (κ1) is 25.6. The van der Waals surface area contributed by atoms with Crippen LogP contribution in [0.3, 0.4) is 0 Å². The molecule has 0 saturated carbocycles. The summed E-state index contributed by atoms with van der Waals surface area (Å²) in [7, 11) is 4.59. The molecule has 3 aromatic rings. The highest BCUT2D eigenvalue weighted by atomic mass is 16.5. The maximum atomic E-state index is 13.2. The van der Waals surface area contributed by atoms with Crippen molar-refractivity contribution in [3.8, 4) is 23.0 Å². The van der Waals surface area contributed by atoms with Gasteiger partial charge in [0.25, 0.3) is 5.56 Å². The summed E-state index contributed by atoms with van der Waals surface area (Å²) >= 11 is 0. The SMILES string of the molecule is COc1ccc(OCc2nc(C)c(CCO)c(=O)n2CC(=O)Nc2cc(OC)cc(OC)c2)cc1. The normalized spacial score (nSPS) is 10.5. The van der Waals surface area contributed by atoms with Gasteiger partial charge in [-0.15, -0.1) is 0 Å². The van der Waals surface area contributed by atoms with Crippen LogP contribution in [0.5, 0.6) is 23.0 Å². The molecular weight excluding hydrogens is 454 g/mol. The number of rotatable bonds is 11. The summed E-state index contributed by atoms with van der Waals surface area (Å²) in [6.45, 7) is 1.14. The van der Waals surface area contributed by atoms with Gasteiger partial charge in [0.1, 0.15) is 42.0 Å². The van der Waals surface area contributed by atoms with Crippen molar-refractivity contribution in [1.82, 2.24) is 9.55 Å². The second-order valence-corrected chi connectivity index (χ2v) is 7.57. The van der Waals surface area contributed by atoms with E-state index in [2.05, 4.69) is 10.3 Å². The number of aryl methyl sites for hydroxylation is 1. The maximum Gasteiger partial charge on any atom is 0.257 e. The third kappa shape index (κ3) is 6.51. The molecule has 0 bridgehead atoms. The van der Waals surface area contributed by atoms with Crippen molar-refractivity contribution in [3.05, 3.63) is 69.9 Å². The minimum atomic E-state index is -0.450. The smallest absolute Gasteiger partial charge is 0.257 e. The second kappa shape index (κ2) is 11.9. The number of nitrogens with one attached hydrogen (secondary N) is 1. The minimum absolute atomic E-state index is 0.0396. The van der Waals surface area contributed by atoms with Gasteiger partial charge in [-0.05, 0) is 31.2 Å². The first-order chi connectivity index (χ1) is 16.9. The molecule has 2 aromatic carbocycles. The van der Waals surface area contributed by atoms with Gasteiger partial charge in [-0.1, -0.05) is 0 Å². The Morgan fingerprint density at radius 3 is 2.14 bits per heavy atom. The number of carbonyl (C=O) groups excluding carboxylic acids is 1. The number of hydrogen-bond acceptors (Lipinski definition) is 8. The molecule has 2 N–H and O–H groups in total. The summed E-state index contributed by atoms with van der Waals surface area (Å²) in [4.78, 5) is 30.6. The molecule has 0 saturated heterocycles. The number of carbonyl (C=O) groups is 1. The summed E-state index contributed by atoms with van der Waals surface area (Å²) in [6.07, 6.45) is 0.131. The molecule has 35 heavy (non-hydrogen) atoms. The number of benzene rings is 2. The minimum Gasteiger partial charge on any atom is -0.497 e. The fraction of sp³-hybridized carbons (Fsp3) is 0.320. The molecule has 0 unspecified atom stereocenters. The Kier molecular flexibility index (Phi) is 8.69. The van der Waals surface area contributed by atoms with Crippen LogP contribution >= 0.6 is 0 Å². The number of amides is 1. The van der Waals surface area contributed by atoms with E-state index in [-0.39, 0.29) is 32.0 Å². The van der Waals surface area contributed by atoms with Crippen LogP contribution in [0, 0.1) is 6.92 Å². The molecule has 10 nitrogen and oxygen atoms in total. The quantitative estimate of drug-likeness (QED) is 0.426. The number of aromatic nitrogens is 2. The van der Waals surface area contributed by atoms with E-state index in [9.17, 15) is 14.7 Å². The van der Waals surface area contributed by atoms with Crippen LogP contribution in [0.1, 0.15) is 17.1 Å². The molecule has 1 heterocycles. The first-order valence-corrected chi connectivity index (χ1v) is 10.9. The van der Waals surface area contributed by atoms with E-state index in [1.54, 1.807) is 56.5 Å². The molecule has 0 radical (unpaired) electrons. The summed E-state index contributed by atoms with van der Waals surface area (Å²) in [6, 6.07) is 11.9. The zero-order valence-electron chi connectivity index (χ0n) is 20.2. The largest absolute Gasteiger partial charge is 0.497 e. The number of ether oxygens (including phenoxy) is 4. The van der Waals surface area contributed by atoms with Gasteiger partial charge in [0.05, 0.1) is 21.3 Å². The Morgan fingerprint density at radius 1 is 0.971 bits per heavy atom. The topological polar surface area (TPSA) is 121 Å². The standard InChI is InChI=1S/C25H29N3O7/c1-16-22(9-10-29)25(31)28(23(26-16)15-35-19-7-5-18(32-2)6-8-19)14-24(30)27-17-11-20(33-3)13-21(12-17)34-4/h5-8,11-13,29H,9-10,14-15H2,1-4H3,(H,27,30). The van der Waals surface area contributed by atoms with E-state index in [0.29, 0.717) is 39.9 Å². The molecule has 186 valence electrons. The van der Waals surface area contributed by atoms with Crippen LogP contribution in [0.15, 0.2) is 47.3 Å². The summed E-state index contributed by atoms with van der Waals surface area (Å²) in [5.74, 6) is 2.08. The van der Waals surface area contributed by atoms with Crippen LogP contribution in [0.2, 0.25) is 0 Å². The van der Waals surface area contributed by atoms with Crippen LogP contribution in [-0.2, 0) is 24.4 Å². The summed E-state index contributed by atoms with van der Waals surface area (Å²) in [5, 5.41) is 12.1. The van der Waals surface area contributed by atoms with Gasteiger partial charge in [-0.2, -0.15) is 0 Å². The monoisotopic (exact) mass is 483 g/mol. The highest BCUT2D eigenvalue weighted by Gasteiger charge is 2.17. The predicted octanol–water partition coefficient (Wildman–Crippen LogP) is 2.33. The summed E-state index contributed by atoms with van der Waals surface area (Å²) in [5.41, 5.74) is 0.868. The molecule has 10 heteroatoms. The number of nitrogens with zero attached hydrogens (tertiary/aromatic N) is 2. The number of methoxy groups -OCH3 is 3. The van der Waals surface area contributed by atoms with Crippen molar-refractivity contribution >= 4 is 11.6 Å². The first-order valence-electron chi connectivity index (χ1n) is 10.9. The molecule has 0 aliphatic heterocycles. The lowest BCUT2D eigenvalue weighted by atomic mass is 10.1. The third-order valence-electron chi connectivity index (χ3n) is 5.27. The van der Waals surface area contributed by atoms with Crippen molar-refractivity contribution in [2.24, 2.45) is 0 Å². The van der Waals surface area contributed by atoms with Gasteiger partial charge in [-0.3, -0.25) is 14.2 Å². The van der Waals surface area contributed by atoms with Gasteiger partial charge in [0, 0.05) is 48.2 Å². The molecule has 0 aliphatic rings. The van der Waals surface area contributed by atoms with Gasteiger partial charge in [0.2, 0.25) is 5.91 Å². The molecule has 0 fully saturated rings. The molecule has 1 aromatic heterocycles. The Morgan fingerprint density at radius 2 is 1.57 bits per heavy atom. The lowest BCUT2D eigenvalue weighted by molar-refractivity contribution is -0.116. The van der Waals surface area contributed by atoms with Crippen molar-refractivity contribution in [2.45, 2.75) is 26.5 Å². The van der Waals surface area contributed by atoms with Gasteiger partial charge >= 0.3 is 0 Å². The van der Waals surface area contributed by atoms with Gasteiger partial charge in [0.15, 0.2) is 0 Å². The van der Waals surface area contributed by atoms with Crippen molar-refractivity contribution in [3.63, 3.8) is 0 Å². The molecular formula is C25H29N3O7. The molecule has 3 rings (SSSR count). The fourth-order valence-corrected chi connectivity index (χ4v) is 3.47. The van der Waals surface area contributed by atoms with Crippen molar-refractivity contribution in [1.29, 1.82) is 0 Å². The molecule has 0 atom stereocenters. The van der Waals surface area contributed by atoms with E-state index in [0.717, 1.165) is 0 Å². The van der Waals surface area contributed by atoms with Crippen LogP contribution in [0.25, 0.3) is 0 Å². The highest BCUT2D eigenvalue weighted by molar-refractivity contribution is 5.91. The van der Waals surface area contributed by atoms with E-state index in [4.69, 9.17) is 18.9 Å². The number of anilines is 1. The predicted molar refractivity (Wildman–Crippen MR) is 130 cm³/mol. The Bertz CT molecular complexity index is 1200. The molecule has 0 aliphatic carbocycles. The van der Waals surface area contributed by atoms with Crippen LogP contribution in [0.4, 0.5) is 5.69 Å². The second-order valence-electron chi connectivity index (χ2n) is 7.57. The Balaban J connectivity index is 1.87. The van der Waals surface area contributed by atoms with E-state index in [1.165, 1.54) is 18.8 Å². The van der Waals surface area contributed by atoms with E-state index >= 15 is 0 Å². The van der Waals surface area contributed by atoms with E-state index in [1.807, 2.05) is 0 Å². The number of hydrogen-bond donors (Lipinski definition) is 2. The van der Waals surface area contributed by atoms with Crippen LogP contribution < -0.4 is 29.8 Å². The lowest BCUT2D eigenvalue weighted by Gasteiger charge is -2.16. The van der Waals surface area contributed by atoms with Crippen LogP contribution in [-0.4, -0.2) is 48.5 Å². The molecule has 0 spiro atoms. The van der Waals surface area contributed by atoms with Gasteiger partial charge < -0.3 is 29.4 Å². The third-order valence-corrected chi connectivity index (χ3v) is 5.27. The average molecular weight is 484 g/mol. The molecule has 1 amide bonds. The lowest BCUT2D eigenvalue weighted by Crippen LogP contribution is -2.34. The number of aliphatic hydroxyl groups excluding tert-OH is 1. The Hall–Kier alpha value is -4.05. The van der Waals surface area contributed by atoms with E-state index < -0.39 is 11.5 Å². The van der Waals surface area contributed by atoms with Crippen molar-refractivity contribution < 1.29 is 28.8 Å². The highest BCUT2D eigenvalue weighted by Crippen LogP contribution is 2.25. The summed E-state index contributed by atoms with van der Waals surface area (Å²) < 4.78 is 22.7. The Labute approximate surface area is 203 Å². The number of aliphatic hydroxyl groups is 1. The maximum absolute atomic E-state index is 13.2. The van der Waals surface area contributed by atoms with Gasteiger partial charge in [-0.25, -0.2) is 4.98 Å². The zero-order chi connectivity index (χ0) is 25.4. The average Bonchev–Trinajstić information content (AvgIpc) is 2.87. The zero-order valence-corrected chi connectivity index (χ0v) is 20.2.